The van der Waals surface area contributed by atoms with E-state index in [1.165, 1.54) is 13.2 Å². The van der Waals surface area contributed by atoms with Crippen molar-refractivity contribution in [3.05, 3.63) is 80.7 Å². The topological polar surface area (TPSA) is 103 Å². The van der Waals surface area contributed by atoms with Gasteiger partial charge in [0.25, 0.3) is 11.1 Å². The minimum atomic E-state index is -0.596. The SMILES string of the molecule is COc1cccc(/C=C2/SC(=O)N(CC(=O)Nc3ccc4c(c3)OCCO4)C2=O)c1OCc1ccc(Cl)cc1Cl. The number of rotatable bonds is 8. The number of nitrogens with zero attached hydrogens (tertiary/aromatic N) is 1. The number of nitrogens with one attached hydrogen (secondary N) is 1. The second kappa shape index (κ2) is 12.1. The molecule has 3 aromatic rings. The number of halogens is 2. The molecule has 0 aliphatic carbocycles. The molecule has 0 bridgehead atoms. The number of ether oxygens (including phenoxy) is 4. The molecule has 2 aliphatic heterocycles. The first-order valence-corrected chi connectivity index (χ1v) is 13.6. The van der Waals surface area contributed by atoms with Crippen LogP contribution < -0.4 is 24.3 Å². The number of thioether (sulfide) groups is 1. The van der Waals surface area contributed by atoms with Crippen molar-refractivity contribution >= 4 is 63.8 Å². The predicted octanol–water partition coefficient (Wildman–Crippen LogP) is 6.03. The maximum Gasteiger partial charge on any atom is 0.294 e. The number of carbonyl (C=O) groups excluding carboxylic acids is 3. The number of benzene rings is 3. The van der Waals surface area contributed by atoms with Crippen LogP contribution in [0.1, 0.15) is 11.1 Å². The number of para-hydroxylation sites is 1. The van der Waals surface area contributed by atoms with Crippen molar-refractivity contribution in [2.75, 3.05) is 32.2 Å². The molecule has 0 atom stereocenters. The summed E-state index contributed by atoms with van der Waals surface area (Å²) in [6.07, 6.45) is 1.53. The summed E-state index contributed by atoms with van der Waals surface area (Å²) in [5.41, 5.74) is 1.67. The molecule has 40 heavy (non-hydrogen) atoms. The smallest absolute Gasteiger partial charge is 0.294 e. The maximum absolute atomic E-state index is 13.1. The van der Waals surface area contributed by atoms with Crippen molar-refractivity contribution in [3.63, 3.8) is 0 Å². The molecular formula is C28H22Cl2N2O7S. The first-order chi connectivity index (χ1) is 19.3. The first-order valence-electron chi connectivity index (χ1n) is 12.0. The van der Waals surface area contributed by atoms with Crippen LogP contribution in [0.2, 0.25) is 10.0 Å². The standard InChI is InChI=1S/C28H22Cl2N2O7S/c1-36-22-4-2-3-16(26(22)39-15-17-5-6-18(29)12-20(17)30)11-24-27(34)32(28(35)40-24)14-25(33)31-19-7-8-21-23(13-19)38-10-9-37-21/h2-8,11-13H,9-10,14-15H2,1H3,(H,31,33)/b24-11+. The lowest BCUT2D eigenvalue weighted by Gasteiger charge is -2.19. The van der Waals surface area contributed by atoms with E-state index in [0.717, 1.165) is 16.7 Å². The number of fused-ring (bicyclic) bond motifs is 1. The average molecular weight is 601 g/mol. The molecule has 0 spiro atoms. The number of hydrogen-bond donors (Lipinski definition) is 1. The Balaban J connectivity index is 1.30. The number of carbonyl (C=O) groups is 3. The van der Waals surface area contributed by atoms with Crippen molar-refractivity contribution in [2.24, 2.45) is 0 Å². The van der Waals surface area contributed by atoms with Crippen LogP contribution >= 0.6 is 35.0 Å². The zero-order chi connectivity index (χ0) is 28.2. The summed E-state index contributed by atoms with van der Waals surface area (Å²) in [6, 6.07) is 15.2. The molecule has 3 amide bonds. The minimum Gasteiger partial charge on any atom is -0.493 e. The van der Waals surface area contributed by atoms with Gasteiger partial charge < -0.3 is 24.3 Å². The van der Waals surface area contributed by atoms with Crippen LogP contribution in [0.25, 0.3) is 6.08 Å². The second-order valence-electron chi connectivity index (χ2n) is 8.58. The van der Waals surface area contributed by atoms with Gasteiger partial charge in [-0.25, -0.2) is 0 Å². The Morgan fingerprint density at radius 1 is 1.07 bits per heavy atom. The van der Waals surface area contributed by atoms with E-state index in [2.05, 4.69) is 5.32 Å². The van der Waals surface area contributed by atoms with Crippen LogP contribution in [-0.2, 0) is 16.2 Å². The van der Waals surface area contributed by atoms with Gasteiger partial charge in [-0.1, -0.05) is 41.4 Å². The Bertz CT molecular complexity index is 1530. The predicted molar refractivity (Wildman–Crippen MR) is 153 cm³/mol. The Hall–Kier alpha value is -3.86. The number of imide groups is 1. The lowest BCUT2D eigenvalue weighted by Crippen LogP contribution is -2.36. The highest BCUT2D eigenvalue weighted by atomic mass is 35.5. The Labute approximate surface area is 243 Å². The van der Waals surface area contributed by atoms with Gasteiger partial charge in [-0.3, -0.25) is 19.3 Å². The van der Waals surface area contributed by atoms with Crippen LogP contribution in [0, 0.1) is 0 Å². The summed E-state index contributed by atoms with van der Waals surface area (Å²) in [5, 5.41) is 3.07. The van der Waals surface area contributed by atoms with Crippen LogP contribution in [-0.4, -0.2) is 48.8 Å². The van der Waals surface area contributed by atoms with Gasteiger partial charge in [0.05, 0.1) is 12.0 Å². The first kappa shape index (κ1) is 27.7. The third-order valence-electron chi connectivity index (χ3n) is 5.90. The van der Waals surface area contributed by atoms with Gasteiger partial charge in [0.2, 0.25) is 5.91 Å². The van der Waals surface area contributed by atoms with Crippen LogP contribution in [0.5, 0.6) is 23.0 Å². The van der Waals surface area contributed by atoms with Crippen molar-refractivity contribution < 1.29 is 33.3 Å². The molecule has 1 N–H and O–H groups in total. The molecule has 0 saturated carbocycles. The molecule has 2 aliphatic rings. The van der Waals surface area contributed by atoms with Crippen molar-refractivity contribution in [3.8, 4) is 23.0 Å². The lowest BCUT2D eigenvalue weighted by molar-refractivity contribution is -0.127. The Morgan fingerprint density at radius 3 is 2.65 bits per heavy atom. The Morgan fingerprint density at radius 2 is 1.88 bits per heavy atom. The van der Waals surface area contributed by atoms with Crippen LogP contribution in [0.4, 0.5) is 10.5 Å². The molecule has 2 heterocycles. The molecule has 1 fully saturated rings. The fourth-order valence-electron chi connectivity index (χ4n) is 3.99. The van der Waals surface area contributed by atoms with Gasteiger partial charge in [0.1, 0.15) is 26.4 Å². The van der Waals surface area contributed by atoms with Crippen molar-refractivity contribution in [1.29, 1.82) is 0 Å². The van der Waals surface area contributed by atoms with E-state index in [-0.39, 0.29) is 11.5 Å². The number of amides is 3. The van der Waals surface area contributed by atoms with Crippen molar-refractivity contribution in [1.82, 2.24) is 4.90 Å². The highest BCUT2D eigenvalue weighted by molar-refractivity contribution is 8.18. The average Bonchev–Trinajstić information content (AvgIpc) is 3.20. The van der Waals surface area contributed by atoms with Crippen LogP contribution in [0.3, 0.4) is 0 Å². The van der Waals surface area contributed by atoms with E-state index in [1.807, 2.05) is 0 Å². The van der Waals surface area contributed by atoms with Gasteiger partial charge >= 0.3 is 0 Å². The largest absolute Gasteiger partial charge is 0.493 e. The quantitative estimate of drug-likeness (QED) is 0.313. The van der Waals surface area contributed by atoms with E-state index in [9.17, 15) is 14.4 Å². The van der Waals surface area contributed by atoms with E-state index >= 15 is 0 Å². The molecule has 12 heteroatoms. The summed E-state index contributed by atoms with van der Waals surface area (Å²) in [7, 11) is 1.50. The maximum atomic E-state index is 13.1. The summed E-state index contributed by atoms with van der Waals surface area (Å²) in [6.45, 7) is 0.514. The molecule has 0 aromatic heterocycles. The van der Waals surface area contributed by atoms with Gasteiger partial charge in [-0.2, -0.15) is 0 Å². The summed E-state index contributed by atoms with van der Waals surface area (Å²) in [5.74, 6) is 0.744. The fourth-order valence-corrected chi connectivity index (χ4v) is 5.29. The molecule has 0 radical (unpaired) electrons. The number of anilines is 1. The monoisotopic (exact) mass is 600 g/mol. The molecule has 0 unspecified atom stereocenters. The van der Waals surface area contributed by atoms with E-state index in [1.54, 1.807) is 54.6 Å². The summed E-state index contributed by atoms with van der Waals surface area (Å²) >= 11 is 13.0. The second-order valence-corrected chi connectivity index (χ2v) is 10.4. The highest BCUT2D eigenvalue weighted by Gasteiger charge is 2.36. The van der Waals surface area contributed by atoms with Gasteiger partial charge in [-0.15, -0.1) is 0 Å². The molecule has 3 aromatic carbocycles. The van der Waals surface area contributed by atoms with Gasteiger partial charge in [0, 0.05) is 32.9 Å². The molecular weight excluding hydrogens is 579 g/mol. The number of hydrogen-bond acceptors (Lipinski definition) is 8. The zero-order valence-corrected chi connectivity index (χ0v) is 23.4. The normalized spacial score (nSPS) is 15.4. The molecule has 1 saturated heterocycles. The van der Waals surface area contributed by atoms with E-state index in [0.29, 0.717) is 63.1 Å². The van der Waals surface area contributed by atoms with Crippen molar-refractivity contribution in [2.45, 2.75) is 6.61 Å². The third kappa shape index (κ3) is 6.14. The zero-order valence-electron chi connectivity index (χ0n) is 21.1. The molecule has 9 nitrogen and oxygen atoms in total. The van der Waals surface area contributed by atoms with E-state index in [4.69, 9.17) is 42.1 Å². The van der Waals surface area contributed by atoms with E-state index < -0.39 is 23.6 Å². The summed E-state index contributed by atoms with van der Waals surface area (Å²) in [4.78, 5) is 39.5. The summed E-state index contributed by atoms with van der Waals surface area (Å²) < 4.78 is 22.5. The molecule has 5 rings (SSSR count). The fraction of sp³-hybridized carbons (Fsp3) is 0.179. The Kier molecular flexibility index (Phi) is 8.39. The van der Waals surface area contributed by atoms with Gasteiger partial charge in [0.15, 0.2) is 23.0 Å². The number of methoxy groups -OCH3 is 1. The minimum absolute atomic E-state index is 0.110. The van der Waals surface area contributed by atoms with Crippen LogP contribution in [0.15, 0.2) is 59.5 Å². The lowest BCUT2D eigenvalue weighted by atomic mass is 10.1. The van der Waals surface area contributed by atoms with Gasteiger partial charge in [-0.05, 0) is 48.2 Å². The molecule has 206 valence electrons. The highest BCUT2D eigenvalue weighted by Crippen LogP contribution is 2.38. The third-order valence-corrected chi connectivity index (χ3v) is 7.40.